The van der Waals surface area contributed by atoms with Crippen LogP contribution in [0.3, 0.4) is 0 Å². The second kappa shape index (κ2) is 11.3. The smallest absolute Gasteiger partial charge is 0.135 e. The van der Waals surface area contributed by atoms with E-state index in [0.717, 1.165) is 39.0 Å². The van der Waals surface area contributed by atoms with Crippen molar-refractivity contribution in [1.82, 2.24) is 0 Å². The SMILES string of the molecule is CC1(C)c2ccccc2-c2ccc(N(c3ccc4oc5ccccc5c4c3)c3cccc4c3-c3ccccc3C43c4ccccc4C=Cc4ccccc43)cc21. The Morgan fingerprint density at radius 1 is 0.411 bits per heavy atom. The first kappa shape index (κ1) is 31.5. The number of nitrogens with zero attached hydrogens (tertiary/aromatic N) is 1. The largest absolute Gasteiger partial charge is 0.456 e. The molecular formula is C54H37NO. The third kappa shape index (κ3) is 4.06. The molecule has 0 radical (unpaired) electrons. The van der Waals surface area contributed by atoms with Gasteiger partial charge in [0.05, 0.1) is 11.1 Å². The van der Waals surface area contributed by atoms with Crippen LogP contribution in [0.25, 0.3) is 56.3 Å². The zero-order valence-electron chi connectivity index (χ0n) is 31.3. The molecule has 1 heterocycles. The van der Waals surface area contributed by atoms with Crippen molar-refractivity contribution in [1.29, 1.82) is 0 Å². The average molecular weight is 716 g/mol. The topological polar surface area (TPSA) is 16.4 Å². The third-order valence-electron chi connectivity index (χ3n) is 12.9. The molecule has 0 unspecified atom stereocenters. The summed E-state index contributed by atoms with van der Waals surface area (Å²) in [5.41, 5.74) is 20.1. The van der Waals surface area contributed by atoms with Gasteiger partial charge in [-0.25, -0.2) is 0 Å². The van der Waals surface area contributed by atoms with Gasteiger partial charge >= 0.3 is 0 Å². The maximum absolute atomic E-state index is 6.37. The molecular weight excluding hydrogens is 679 g/mol. The minimum absolute atomic E-state index is 0.144. The van der Waals surface area contributed by atoms with Crippen molar-refractivity contribution >= 4 is 51.2 Å². The van der Waals surface area contributed by atoms with Crippen molar-refractivity contribution in [3.05, 3.63) is 220 Å². The highest BCUT2D eigenvalue weighted by molar-refractivity contribution is 6.07. The average Bonchev–Trinajstić information content (AvgIpc) is 3.80. The zero-order valence-corrected chi connectivity index (χ0v) is 31.3. The number of anilines is 3. The Kier molecular flexibility index (Phi) is 6.36. The number of furan rings is 1. The van der Waals surface area contributed by atoms with E-state index in [-0.39, 0.29) is 5.41 Å². The molecule has 2 nitrogen and oxygen atoms in total. The van der Waals surface area contributed by atoms with E-state index >= 15 is 0 Å². The summed E-state index contributed by atoms with van der Waals surface area (Å²) < 4.78 is 6.37. The van der Waals surface area contributed by atoms with Crippen LogP contribution in [0.4, 0.5) is 17.1 Å². The second-order valence-electron chi connectivity index (χ2n) is 16.0. The summed E-state index contributed by atoms with van der Waals surface area (Å²) in [4.78, 5) is 2.50. The van der Waals surface area contributed by atoms with Gasteiger partial charge in [-0.05, 0) is 104 Å². The van der Waals surface area contributed by atoms with Gasteiger partial charge in [0.2, 0.25) is 0 Å². The van der Waals surface area contributed by atoms with Gasteiger partial charge in [-0.1, -0.05) is 159 Å². The van der Waals surface area contributed by atoms with Gasteiger partial charge in [0, 0.05) is 33.1 Å². The molecule has 3 aliphatic carbocycles. The van der Waals surface area contributed by atoms with Crippen molar-refractivity contribution in [3.63, 3.8) is 0 Å². The molecule has 9 aromatic rings. The van der Waals surface area contributed by atoms with Crippen LogP contribution in [-0.2, 0) is 10.8 Å². The Hall–Kier alpha value is -6.90. The van der Waals surface area contributed by atoms with Gasteiger partial charge in [0.15, 0.2) is 0 Å². The maximum atomic E-state index is 6.37. The molecule has 8 aromatic carbocycles. The van der Waals surface area contributed by atoms with E-state index in [9.17, 15) is 0 Å². The van der Waals surface area contributed by atoms with Crippen LogP contribution in [0.15, 0.2) is 180 Å². The van der Waals surface area contributed by atoms with E-state index in [0.29, 0.717) is 0 Å². The molecule has 0 saturated heterocycles. The van der Waals surface area contributed by atoms with Crippen molar-refractivity contribution < 1.29 is 4.42 Å². The van der Waals surface area contributed by atoms with E-state index in [2.05, 4.69) is 201 Å². The van der Waals surface area contributed by atoms with Crippen LogP contribution in [0.2, 0.25) is 0 Å². The van der Waals surface area contributed by atoms with E-state index in [4.69, 9.17) is 4.42 Å². The lowest BCUT2D eigenvalue weighted by Gasteiger charge is -2.35. The molecule has 0 N–H and O–H groups in total. The summed E-state index contributed by atoms with van der Waals surface area (Å²) in [5.74, 6) is 0. The Bertz CT molecular complexity index is 3090. The molecule has 3 aliphatic rings. The van der Waals surface area contributed by atoms with E-state index in [1.807, 2.05) is 6.07 Å². The Morgan fingerprint density at radius 3 is 1.77 bits per heavy atom. The molecule has 0 atom stereocenters. The molecule has 2 heteroatoms. The van der Waals surface area contributed by atoms with Gasteiger partial charge in [-0.15, -0.1) is 0 Å². The van der Waals surface area contributed by atoms with Gasteiger partial charge < -0.3 is 9.32 Å². The minimum Gasteiger partial charge on any atom is -0.456 e. The molecule has 12 rings (SSSR count). The first-order valence-electron chi connectivity index (χ1n) is 19.6. The quantitative estimate of drug-likeness (QED) is 0.181. The summed E-state index contributed by atoms with van der Waals surface area (Å²) in [6.45, 7) is 4.73. The lowest BCUT2D eigenvalue weighted by atomic mass is 9.66. The predicted molar refractivity (Wildman–Crippen MR) is 232 cm³/mol. The number of benzene rings is 8. The predicted octanol–water partition coefficient (Wildman–Crippen LogP) is 14.2. The first-order chi connectivity index (χ1) is 27.5. The Labute approximate surface area is 326 Å². The summed E-state index contributed by atoms with van der Waals surface area (Å²) in [6.07, 6.45) is 4.60. The number of fused-ring (bicyclic) bond motifs is 15. The highest BCUT2D eigenvalue weighted by atomic mass is 16.3. The van der Waals surface area contributed by atoms with Gasteiger partial charge in [0.25, 0.3) is 0 Å². The zero-order chi connectivity index (χ0) is 37.2. The fourth-order valence-electron chi connectivity index (χ4n) is 10.5. The fourth-order valence-corrected chi connectivity index (χ4v) is 10.5. The highest BCUT2D eigenvalue weighted by Crippen LogP contribution is 2.61. The van der Waals surface area contributed by atoms with E-state index < -0.39 is 5.41 Å². The Balaban J connectivity index is 1.18. The van der Waals surface area contributed by atoms with E-state index in [1.54, 1.807) is 0 Å². The van der Waals surface area contributed by atoms with Crippen molar-refractivity contribution in [2.45, 2.75) is 24.7 Å². The number of hydrogen-bond acceptors (Lipinski definition) is 2. The Morgan fingerprint density at radius 2 is 0.982 bits per heavy atom. The molecule has 1 aromatic heterocycles. The van der Waals surface area contributed by atoms with Crippen LogP contribution < -0.4 is 4.90 Å². The highest BCUT2D eigenvalue weighted by Gasteiger charge is 2.49. The van der Waals surface area contributed by atoms with Crippen LogP contribution in [0.1, 0.15) is 58.4 Å². The van der Waals surface area contributed by atoms with Gasteiger partial charge in [-0.3, -0.25) is 0 Å². The molecule has 264 valence electrons. The van der Waals surface area contributed by atoms with E-state index in [1.165, 1.54) is 66.8 Å². The third-order valence-corrected chi connectivity index (χ3v) is 12.9. The lowest BCUT2D eigenvalue weighted by Crippen LogP contribution is -2.30. The first-order valence-corrected chi connectivity index (χ1v) is 19.6. The van der Waals surface area contributed by atoms with Gasteiger partial charge in [-0.2, -0.15) is 0 Å². The van der Waals surface area contributed by atoms with Crippen LogP contribution in [0.5, 0.6) is 0 Å². The van der Waals surface area contributed by atoms with Crippen molar-refractivity contribution in [3.8, 4) is 22.3 Å². The monoisotopic (exact) mass is 715 g/mol. The number of rotatable bonds is 3. The summed E-state index contributed by atoms with van der Waals surface area (Å²) >= 11 is 0. The molecule has 0 aliphatic heterocycles. The molecule has 0 amide bonds. The molecule has 0 bridgehead atoms. The molecule has 56 heavy (non-hydrogen) atoms. The number of para-hydroxylation sites is 1. The minimum atomic E-state index is -0.517. The lowest BCUT2D eigenvalue weighted by molar-refractivity contribution is 0.660. The maximum Gasteiger partial charge on any atom is 0.135 e. The molecule has 1 spiro atoms. The van der Waals surface area contributed by atoms with Gasteiger partial charge in [0.1, 0.15) is 11.2 Å². The standard InChI is InChI=1S/C54H37NO/c1-53(2)45-21-10-5-16-38(45)39-30-28-37(33-48(39)53)55(36-29-31-51-42(32-36)40-17-7-12-25-50(40)56-51)49-24-13-23-47-52(49)41-18-6-11-22-46(41)54(47)43-19-8-3-14-34(43)26-27-35-15-4-9-20-44(35)54/h3-33H,1-2H3. The second-order valence-corrected chi connectivity index (χ2v) is 16.0. The van der Waals surface area contributed by atoms with Crippen LogP contribution in [-0.4, -0.2) is 0 Å². The van der Waals surface area contributed by atoms with Crippen molar-refractivity contribution in [2.24, 2.45) is 0 Å². The molecule has 0 saturated carbocycles. The molecule has 0 fully saturated rings. The summed E-state index contributed by atoms with van der Waals surface area (Å²) in [6, 6.07) is 65.1. The summed E-state index contributed by atoms with van der Waals surface area (Å²) in [5, 5.41) is 2.23. The summed E-state index contributed by atoms with van der Waals surface area (Å²) in [7, 11) is 0. The number of hydrogen-bond donors (Lipinski definition) is 0. The van der Waals surface area contributed by atoms with Crippen molar-refractivity contribution in [2.75, 3.05) is 4.90 Å². The normalized spacial score (nSPS) is 14.8. The van der Waals surface area contributed by atoms with Crippen LogP contribution in [0, 0.1) is 0 Å². The van der Waals surface area contributed by atoms with Crippen LogP contribution >= 0.6 is 0 Å². The fraction of sp³-hybridized carbons (Fsp3) is 0.0741.